The molecule has 0 fully saturated rings. The quantitative estimate of drug-likeness (QED) is 0.368. The first kappa shape index (κ1) is 18.9. The number of rotatable bonds is 4. The van der Waals surface area contributed by atoms with E-state index in [1.807, 2.05) is 23.6 Å². The predicted molar refractivity (Wildman–Crippen MR) is 119 cm³/mol. The van der Waals surface area contributed by atoms with E-state index in [0.717, 1.165) is 58.4 Å². The van der Waals surface area contributed by atoms with Gasteiger partial charge in [-0.25, -0.2) is 0 Å². The number of fused-ring (bicyclic) bond motifs is 1. The number of hydrogen-bond acceptors (Lipinski definition) is 2. The van der Waals surface area contributed by atoms with E-state index < -0.39 is 0 Å². The highest BCUT2D eigenvalue weighted by Crippen LogP contribution is 2.29. The maximum atomic E-state index is 5.68. The fraction of sp³-hybridized carbons (Fsp3) is 0.200. The summed E-state index contributed by atoms with van der Waals surface area (Å²) in [7, 11) is 0. The molecule has 0 saturated carbocycles. The standard InChI is InChI=1S/C25H18S2/c1-3-20-18-19-26-23(20)15-10-8-6-5-7-9-11-16-24-21(4-2)22-14-12-13-17-25(22)27-24/h1-2,12-14,17-19H,5-9H2. The zero-order valence-corrected chi connectivity index (χ0v) is 16.6. The van der Waals surface area contributed by atoms with Gasteiger partial charge in [-0.3, -0.25) is 0 Å². The smallest absolute Gasteiger partial charge is 0.0937 e. The van der Waals surface area contributed by atoms with Crippen LogP contribution in [-0.2, 0) is 0 Å². The van der Waals surface area contributed by atoms with Crippen LogP contribution in [0.1, 0.15) is 53.0 Å². The molecule has 1 aromatic carbocycles. The lowest BCUT2D eigenvalue weighted by Crippen LogP contribution is -1.78. The van der Waals surface area contributed by atoms with Gasteiger partial charge in [-0.1, -0.05) is 60.1 Å². The number of benzene rings is 1. The summed E-state index contributed by atoms with van der Waals surface area (Å²) in [4.78, 5) is 2.00. The summed E-state index contributed by atoms with van der Waals surface area (Å²) in [6, 6.07) is 10.1. The first-order chi connectivity index (χ1) is 13.3. The van der Waals surface area contributed by atoms with Crippen LogP contribution >= 0.6 is 22.7 Å². The van der Waals surface area contributed by atoms with Gasteiger partial charge in [0.15, 0.2) is 0 Å². The van der Waals surface area contributed by atoms with E-state index in [1.54, 1.807) is 22.7 Å². The highest BCUT2D eigenvalue weighted by atomic mass is 32.1. The highest BCUT2D eigenvalue weighted by Gasteiger charge is 2.07. The number of thiophene rings is 2. The van der Waals surface area contributed by atoms with Crippen LogP contribution in [0.25, 0.3) is 10.1 Å². The van der Waals surface area contributed by atoms with E-state index in [-0.39, 0.29) is 0 Å². The minimum Gasteiger partial charge on any atom is -0.134 e. The zero-order valence-electron chi connectivity index (χ0n) is 15.0. The predicted octanol–water partition coefficient (Wildman–Crippen LogP) is 6.28. The van der Waals surface area contributed by atoms with Crippen molar-refractivity contribution in [1.29, 1.82) is 0 Å². The lowest BCUT2D eigenvalue weighted by Gasteiger charge is -1.92. The van der Waals surface area contributed by atoms with Crippen LogP contribution in [0.5, 0.6) is 0 Å². The minimum absolute atomic E-state index is 0.887. The maximum Gasteiger partial charge on any atom is 0.0937 e. The van der Waals surface area contributed by atoms with Gasteiger partial charge in [0, 0.05) is 22.9 Å². The Morgan fingerprint density at radius 3 is 2.30 bits per heavy atom. The zero-order chi connectivity index (χ0) is 18.9. The van der Waals surface area contributed by atoms with Crippen molar-refractivity contribution >= 4 is 32.8 Å². The molecule has 130 valence electrons. The van der Waals surface area contributed by atoms with Crippen LogP contribution in [-0.4, -0.2) is 0 Å². The Balaban J connectivity index is 1.45. The normalized spacial score (nSPS) is 9.56. The van der Waals surface area contributed by atoms with Gasteiger partial charge in [0.1, 0.15) is 0 Å². The van der Waals surface area contributed by atoms with Gasteiger partial charge in [0.2, 0.25) is 0 Å². The van der Waals surface area contributed by atoms with Crippen molar-refractivity contribution in [2.24, 2.45) is 0 Å². The summed E-state index contributed by atoms with van der Waals surface area (Å²) >= 11 is 3.28. The van der Waals surface area contributed by atoms with Crippen molar-refractivity contribution in [3.05, 3.63) is 56.6 Å². The van der Waals surface area contributed by atoms with E-state index in [0.29, 0.717) is 0 Å². The lowest BCUT2D eigenvalue weighted by molar-refractivity contribution is 0.709. The van der Waals surface area contributed by atoms with Crippen LogP contribution < -0.4 is 0 Å². The van der Waals surface area contributed by atoms with E-state index in [2.05, 4.69) is 47.7 Å². The van der Waals surface area contributed by atoms with Crippen LogP contribution in [0.4, 0.5) is 0 Å². The first-order valence-corrected chi connectivity index (χ1v) is 10.5. The Kier molecular flexibility index (Phi) is 6.80. The Morgan fingerprint density at radius 1 is 0.815 bits per heavy atom. The van der Waals surface area contributed by atoms with E-state index in [9.17, 15) is 0 Å². The van der Waals surface area contributed by atoms with Crippen molar-refractivity contribution in [2.45, 2.75) is 32.1 Å². The van der Waals surface area contributed by atoms with E-state index in [1.165, 1.54) is 4.70 Å². The Bertz CT molecular complexity index is 1130. The van der Waals surface area contributed by atoms with Gasteiger partial charge in [0.25, 0.3) is 0 Å². The van der Waals surface area contributed by atoms with Gasteiger partial charge in [-0.05, 0) is 30.4 Å². The Hall–Kier alpha value is -2.88. The molecule has 2 heteroatoms. The maximum absolute atomic E-state index is 5.68. The van der Waals surface area contributed by atoms with Crippen molar-refractivity contribution in [1.82, 2.24) is 0 Å². The summed E-state index contributed by atoms with van der Waals surface area (Å²) in [5.74, 6) is 18.4. The molecular formula is C25H18S2. The SMILES string of the molecule is C#Cc1ccsc1C#CCCCCCC#Cc1sc2ccccc2c1C#C. The molecule has 0 aliphatic rings. The average Bonchev–Trinajstić information content (AvgIpc) is 3.29. The van der Waals surface area contributed by atoms with Gasteiger partial charge >= 0.3 is 0 Å². The second-order valence-corrected chi connectivity index (χ2v) is 7.89. The first-order valence-electron chi connectivity index (χ1n) is 8.83. The average molecular weight is 383 g/mol. The number of terminal acetylenes is 2. The summed E-state index contributed by atoms with van der Waals surface area (Å²) < 4.78 is 1.20. The molecule has 0 aliphatic heterocycles. The fourth-order valence-corrected chi connectivity index (χ4v) is 4.45. The number of hydrogen-bond donors (Lipinski definition) is 0. The highest BCUT2D eigenvalue weighted by molar-refractivity contribution is 7.19. The molecule has 27 heavy (non-hydrogen) atoms. The molecule has 0 spiro atoms. The van der Waals surface area contributed by atoms with Crippen LogP contribution in [0.15, 0.2) is 35.7 Å². The molecule has 0 nitrogen and oxygen atoms in total. The fourth-order valence-electron chi connectivity index (χ4n) is 2.69. The van der Waals surface area contributed by atoms with Crippen LogP contribution in [0, 0.1) is 48.4 Å². The topological polar surface area (TPSA) is 0 Å². The Labute approximate surface area is 169 Å². The largest absolute Gasteiger partial charge is 0.134 e. The van der Waals surface area contributed by atoms with Crippen LogP contribution in [0.3, 0.4) is 0 Å². The third-order valence-electron chi connectivity index (χ3n) is 4.07. The molecule has 3 aromatic rings. The van der Waals surface area contributed by atoms with Crippen molar-refractivity contribution in [3.8, 4) is 48.4 Å². The minimum atomic E-state index is 0.887. The molecule has 2 aromatic heterocycles. The molecule has 0 amide bonds. The number of unbranched alkanes of at least 4 members (excludes halogenated alkanes) is 4. The van der Waals surface area contributed by atoms with E-state index >= 15 is 0 Å². The molecule has 0 atom stereocenters. The van der Waals surface area contributed by atoms with Gasteiger partial charge in [0.05, 0.1) is 20.9 Å². The van der Waals surface area contributed by atoms with Crippen LogP contribution in [0.2, 0.25) is 0 Å². The molecule has 0 saturated heterocycles. The molecule has 3 rings (SSSR count). The molecule has 0 unspecified atom stereocenters. The summed E-state index contributed by atoms with van der Waals surface area (Å²) in [5.41, 5.74) is 1.83. The molecule has 0 bridgehead atoms. The molecule has 2 heterocycles. The van der Waals surface area contributed by atoms with Gasteiger partial charge in [-0.15, -0.1) is 35.5 Å². The lowest BCUT2D eigenvalue weighted by atomic mass is 10.1. The van der Waals surface area contributed by atoms with Crippen molar-refractivity contribution in [2.75, 3.05) is 0 Å². The monoisotopic (exact) mass is 382 g/mol. The summed E-state index contributed by atoms with van der Waals surface area (Å²) in [6.07, 6.45) is 16.2. The molecule has 0 N–H and O–H groups in total. The molecular weight excluding hydrogens is 364 g/mol. The Morgan fingerprint density at radius 2 is 1.56 bits per heavy atom. The summed E-state index contributed by atoms with van der Waals surface area (Å²) in [6.45, 7) is 0. The van der Waals surface area contributed by atoms with Gasteiger partial charge < -0.3 is 0 Å². The third kappa shape index (κ3) is 4.85. The molecule has 0 radical (unpaired) electrons. The van der Waals surface area contributed by atoms with Crippen molar-refractivity contribution in [3.63, 3.8) is 0 Å². The van der Waals surface area contributed by atoms with Gasteiger partial charge in [-0.2, -0.15) is 0 Å². The second kappa shape index (κ2) is 9.72. The summed E-state index contributed by atoms with van der Waals surface area (Å²) in [5, 5.41) is 3.12. The van der Waals surface area contributed by atoms with Crippen molar-refractivity contribution < 1.29 is 0 Å². The third-order valence-corrected chi connectivity index (χ3v) is 5.98. The van der Waals surface area contributed by atoms with E-state index in [4.69, 9.17) is 12.8 Å². The second-order valence-electron chi connectivity index (χ2n) is 5.92. The molecule has 0 aliphatic carbocycles.